The van der Waals surface area contributed by atoms with E-state index in [0.29, 0.717) is 16.3 Å². The average Bonchev–Trinajstić information content (AvgIpc) is 2.35. The highest BCUT2D eigenvalue weighted by molar-refractivity contribution is 6.30. The fraction of sp³-hybridized carbons (Fsp3) is 0.0714. The summed E-state index contributed by atoms with van der Waals surface area (Å²) in [6.07, 6.45) is 0. The fourth-order valence-corrected chi connectivity index (χ4v) is 1.95. The summed E-state index contributed by atoms with van der Waals surface area (Å²) in [6, 6.07) is 11.9. The Morgan fingerprint density at radius 2 is 1.95 bits per heavy atom. The molecule has 0 aliphatic carbocycles. The van der Waals surface area contributed by atoms with E-state index < -0.39 is 11.9 Å². The number of amides is 1. The van der Waals surface area contributed by atoms with Gasteiger partial charge in [0.05, 0.1) is 0 Å². The van der Waals surface area contributed by atoms with Crippen molar-refractivity contribution in [3.63, 3.8) is 0 Å². The zero-order valence-corrected chi connectivity index (χ0v) is 10.7. The Bertz CT molecular complexity index is 604. The van der Waals surface area contributed by atoms with Crippen LogP contribution in [0.15, 0.2) is 48.5 Å². The van der Waals surface area contributed by atoms with Gasteiger partial charge in [0, 0.05) is 10.7 Å². The van der Waals surface area contributed by atoms with Gasteiger partial charge in [-0.05, 0) is 35.9 Å². The van der Waals surface area contributed by atoms with E-state index in [1.165, 1.54) is 12.1 Å². The molecule has 19 heavy (non-hydrogen) atoms. The van der Waals surface area contributed by atoms with Crippen molar-refractivity contribution in [3.8, 4) is 0 Å². The molecule has 5 heteroatoms. The Morgan fingerprint density at radius 1 is 1.21 bits per heavy atom. The van der Waals surface area contributed by atoms with Crippen LogP contribution in [0, 0.1) is 5.82 Å². The summed E-state index contributed by atoms with van der Waals surface area (Å²) in [5.41, 5.74) is 6.47. The van der Waals surface area contributed by atoms with Gasteiger partial charge in [-0.3, -0.25) is 4.79 Å². The zero-order valence-electron chi connectivity index (χ0n) is 9.94. The van der Waals surface area contributed by atoms with Gasteiger partial charge in [0.15, 0.2) is 0 Å². The molecule has 0 aliphatic rings. The third-order valence-corrected chi connectivity index (χ3v) is 2.84. The van der Waals surface area contributed by atoms with E-state index in [2.05, 4.69) is 5.32 Å². The lowest BCUT2D eigenvalue weighted by atomic mass is 10.1. The number of hydrogen-bond acceptors (Lipinski definition) is 2. The summed E-state index contributed by atoms with van der Waals surface area (Å²) in [4.78, 5) is 11.5. The van der Waals surface area contributed by atoms with Crippen molar-refractivity contribution in [1.29, 1.82) is 0 Å². The summed E-state index contributed by atoms with van der Waals surface area (Å²) < 4.78 is 13.1. The van der Waals surface area contributed by atoms with Gasteiger partial charge in [0.1, 0.15) is 11.9 Å². The number of nitrogens with one attached hydrogen (secondary N) is 1. The molecule has 3 N–H and O–H groups in total. The normalized spacial score (nSPS) is 11.9. The van der Waals surface area contributed by atoms with Crippen LogP contribution in [0.25, 0.3) is 0 Å². The molecular weight excluding hydrogens is 267 g/mol. The van der Waals surface area contributed by atoms with E-state index in [-0.39, 0.29) is 5.82 Å². The van der Waals surface area contributed by atoms with Crippen LogP contribution in [0.2, 0.25) is 5.02 Å². The molecule has 0 aliphatic heterocycles. The van der Waals surface area contributed by atoms with Crippen LogP contribution in [-0.2, 0) is 4.79 Å². The first kappa shape index (κ1) is 13.4. The number of carbonyl (C=O) groups is 1. The summed E-state index contributed by atoms with van der Waals surface area (Å²) in [5.74, 6) is -0.953. The van der Waals surface area contributed by atoms with Gasteiger partial charge in [-0.1, -0.05) is 29.8 Å². The number of nitrogens with two attached hydrogens (primary N) is 1. The molecule has 2 aromatic rings. The van der Waals surface area contributed by atoms with Gasteiger partial charge in [0.2, 0.25) is 5.91 Å². The highest BCUT2D eigenvalue weighted by Crippen LogP contribution is 2.22. The number of hydrogen-bond donors (Lipinski definition) is 2. The molecule has 1 atom stereocenters. The molecule has 0 radical (unpaired) electrons. The van der Waals surface area contributed by atoms with Gasteiger partial charge in [-0.2, -0.15) is 0 Å². The lowest BCUT2D eigenvalue weighted by Crippen LogP contribution is -2.27. The second-order valence-electron chi connectivity index (χ2n) is 4.05. The fourth-order valence-electron chi connectivity index (χ4n) is 1.75. The maximum absolute atomic E-state index is 13.1. The number of primary amides is 1. The Labute approximate surface area is 115 Å². The Kier molecular flexibility index (Phi) is 4.02. The summed E-state index contributed by atoms with van der Waals surface area (Å²) >= 11 is 5.88. The third-order valence-electron chi connectivity index (χ3n) is 2.60. The second-order valence-corrected chi connectivity index (χ2v) is 4.48. The van der Waals surface area contributed by atoms with Crippen molar-refractivity contribution in [2.45, 2.75) is 6.04 Å². The Morgan fingerprint density at radius 3 is 2.58 bits per heavy atom. The molecule has 98 valence electrons. The standard InChI is InChI=1S/C14H12ClFN2O/c15-10-4-1-3-9(7-10)13(14(17)19)18-12-6-2-5-11(16)8-12/h1-8,13,18H,(H2,17,19). The van der Waals surface area contributed by atoms with Crippen molar-refractivity contribution in [1.82, 2.24) is 0 Å². The largest absolute Gasteiger partial charge is 0.370 e. The van der Waals surface area contributed by atoms with Crippen LogP contribution < -0.4 is 11.1 Å². The first-order valence-corrected chi connectivity index (χ1v) is 6.01. The zero-order chi connectivity index (χ0) is 13.8. The Hall–Kier alpha value is -2.07. The predicted octanol–water partition coefficient (Wildman–Crippen LogP) is 3.12. The van der Waals surface area contributed by atoms with E-state index in [9.17, 15) is 9.18 Å². The van der Waals surface area contributed by atoms with Crippen LogP contribution >= 0.6 is 11.6 Å². The molecule has 0 spiro atoms. The van der Waals surface area contributed by atoms with Gasteiger partial charge in [-0.25, -0.2) is 4.39 Å². The van der Waals surface area contributed by atoms with E-state index in [0.717, 1.165) is 0 Å². The van der Waals surface area contributed by atoms with E-state index in [1.54, 1.807) is 36.4 Å². The molecule has 0 saturated heterocycles. The molecule has 2 aromatic carbocycles. The van der Waals surface area contributed by atoms with Crippen LogP contribution in [-0.4, -0.2) is 5.91 Å². The van der Waals surface area contributed by atoms with Gasteiger partial charge in [-0.15, -0.1) is 0 Å². The molecular formula is C14H12ClFN2O. The Balaban J connectivity index is 2.29. The SMILES string of the molecule is NC(=O)C(Nc1cccc(F)c1)c1cccc(Cl)c1. The molecule has 1 amide bonds. The first-order valence-electron chi connectivity index (χ1n) is 5.63. The van der Waals surface area contributed by atoms with Crippen LogP contribution in [0.4, 0.5) is 10.1 Å². The lowest BCUT2D eigenvalue weighted by Gasteiger charge is -2.17. The van der Waals surface area contributed by atoms with E-state index in [1.807, 2.05) is 0 Å². The topological polar surface area (TPSA) is 55.1 Å². The first-order chi connectivity index (χ1) is 9.06. The minimum absolute atomic E-state index is 0.390. The van der Waals surface area contributed by atoms with Crippen LogP contribution in [0.1, 0.15) is 11.6 Å². The minimum atomic E-state index is -0.763. The van der Waals surface area contributed by atoms with Crippen LogP contribution in [0.3, 0.4) is 0 Å². The number of anilines is 1. The molecule has 0 saturated carbocycles. The van der Waals surface area contributed by atoms with Gasteiger partial charge in [0.25, 0.3) is 0 Å². The number of halogens is 2. The molecule has 0 fully saturated rings. The van der Waals surface area contributed by atoms with Gasteiger partial charge >= 0.3 is 0 Å². The van der Waals surface area contributed by atoms with E-state index in [4.69, 9.17) is 17.3 Å². The highest BCUT2D eigenvalue weighted by atomic mass is 35.5. The van der Waals surface area contributed by atoms with Crippen molar-refractivity contribution < 1.29 is 9.18 Å². The number of carbonyl (C=O) groups excluding carboxylic acids is 1. The third kappa shape index (κ3) is 3.45. The summed E-state index contributed by atoms with van der Waals surface area (Å²) in [7, 11) is 0. The van der Waals surface area contributed by atoms with E-state index >= 15 is 0 Å². The number of rotatable bonds is 4. The smallest absolute Gasteiger partial charge is 0.244 e. The molecule has 3 nitrogen and oxygen atoms in total. The lowest BCUT2D eigenvalue weighted by molar-refractivity contribution is -0.118. The molecule has 2 rings (SSSR count). The quantitative estimate of drug-likeness (QED) is 0.903. The molecule has 0 bridgehead atoms. The maximum Gasteiger partial charge on any atom is 0.244 e. The maximum atomic E-state index is 13.1. The highest BCUT2D eigenvalue weighted by Gasteiger charge is 2.17. The molecule has 0 heterocycles. The monoisotopic (exact) mass is 278 g/mol. The van der Waals surface area contributed by atoms with Crippen molar-refractivity contribution >= 4 is 23.2 Å². The molecule has 0 aromatic heterocycles. The molecule has 1 unspecified atom stereocenters. The van der Waals surface area contributed by atoms with Crippen molar-refractivity contribution in [3.05, 3.63) is 64.9 Å². The van der Waals surface area contributed by atoms with Gasteiger partial charge < -0.3 is 11.1 Å². The average molecular weight is 279 g/mol. The van der Waals surface area contributed by atoms with Crippen molar-refractivity contribution in [2.75, 3.05) is 5.32 Å². The minimum Gasteiger partial charge on any atom is -0.370 e. The predicted molar refractivity (Wildman–Crippen MR) is 73.4 cm³/mol. The number of benzene rings is 2. The van der Waals surface area contributed by atoms with Crippen molar-refractivity contribution in [2.24, 2.45) is 5.73 Å². The second kappa shape index (κ2) is 5.71. The van der Waals surface area contributed by atoms with Crippen LogP contribution in [0.5, 0.6) is 0 Å². The summed E-state index contributed by atoms with van der Waals surface area (Å²) in [6.45, 7) is 0. The summed E-state index contributed by atoms with van der Waals surface area (Å²) in [5, 5.41) is 3.39.